The van der Waals surface area contributed by atoms with Crippen molar-refractivity contribution in [2.45, 2.75) is 13.3 Å². The van der Waals surface area contributed by atoms with Gasteiger partial charge in [-0.15, -0.1) is 0 Å². The third kappa shape index (κ3) is 2.90. The second kappa shape index (κ2) is 5.52. The van der Waals surface area contributed by atoms with E-state index in [0.717, 1.165) is 43.0 Å². The fourth-order valence-corrected chi connectivity index (χ4v) is 2.42. The molecule has 1 atom stereocenters. The molecule has 0 amide bonds. The maximum absolute atomic E-state index is 4.56. The van der Waals surface area contributed by atoms with Crippen LogP contribution in [0.15, 0.2) is 6.07 Å². The van der Waals surface area contributed by atoms with Crippen LogP contribution in [0.3, 0.4) is 0 Å². The number of hydrogen-bond acceptors (Lipinski definition) is 5. The van der Waals surface area contributed by atoms with Crippen LogP contribution < -0.4 is 15.1 Å². The SMILES string of the molecule is CNCC1CCN(c2cc(N(C)C)nc(C)n2)C1. The van der Waals surface area contributed by atoms with Crippen LogP contribution in [0.4, 0.5) is 11.6 Å². The van der Waals surface area contributed by atoms with E-state index >= 15 is 0 Å². The first-order valence-electron chi connectivity index (χ1n) is 6.52. The van der Waals surface area contributed by atoms with Gasteiger partial charge in [0.2, 0.25) is 0 Å². The summed E-state index contributed by atoms with van der Waals surface area (Å²) in [5, 5.41) is 3.25. The van der Waals surface area contributed by atoms with Crippen LogP contribution in [0.25, 0.3) is 0 Å². The normalized spacial score (nSPS) is 19.3. The Kier molecular flexibility index (Phi) is 4.01. The van der Waals surface area contributed by atoms with Gasteiger partial charge in [-0.25, -0.2) is 9.97 Å². The molecule has 5 nitrogen and oxygen atoms in total. The quantitative estimate of drug-likeness (QED) is 0.859. The molecule has 2 rings (SSSR count). The highest BCUT2D eigenvalue weighted by Gasteiger charge is 2.23. The molecule has 0 saturated carbocycles. The van der Waals surface area contributed by atoms with Crippen molar-refractivity contribution < 1.29 is 0 Å². The number of anilines is 2. The Morgan fingerprint density at radius 2 is 2.22 bits per heavy atom. The molecule has 18 heavy (non-hydrogen) atoms. The van der Waals surface area contributed by atoms with Gasteiger partial charge < -0.3 is 15.1 Å². The Bertz CT molecular complexity index is 404. The van der Waals surface area contributed by atoms with E-state index in [-0.39, 0.29) is 0 Å². The minimum Gasteiger partial charge on any atom is -0.363 e. The predicted molar refractivity (Wildman–Crippen MR) is 75.3 cm³/mol. The number of nitrogens with zero attached hydrogens (tertiary/aromatic N) is 4. The molecule has 1 saturated heterocycles. The van der Waals surface area contributed by atoms with Gasteiger partial charge in [0.05, 0.1) is 0 Å². The molecule has 2 heterocycles. The van der Waals surface area contributed by atoms with Crippen LogP contribution >= 0.6 is 0 Å². The molecule has 0 aromatic carbocycles. The van der Waals surface area contributed by atoms with E-state index in [4.69, 9.17) is 0 Å². The lowest BCUT2D eigenvalue weighted by Crippen LogP contribution is -2.25. The van der Waals surface area contributed by atoms with E-state index in [1.165, 1.54) is 6.42 Å². The average Bonchev–Trinajstić information content (AvgIpc) is 2.77. The molecule has 1 unspecified atom stereocenters. The van der Waals surface area contributed by atoms with Crippen LogP contribution in [-0.2, 0) is 0 Å². The summed E-state index contributed by atoms with van der Waals surface area (Å²) in [4.78, 5) is 13.4. The summed E-state index contributed by atoms with van der Waals surface area (Å²) in [6, 6.07) is 2.08. The lowest BCUT2D eigenvalue weighted by Gasteiger charge is -2.20. The lowest BCUT2D eigenvalue weighted by atomic mass is 10.1. The zero-order valence-corrected chi connectivity index (χ0v) is 11.8. The summed E-state index contributed by atoms with van der Waals surface area (Å²) >= 11 is 0. The van der Waals surface area contributed by atoms with Gasteiger partial charge in [0.15, 0.2) is 0 Å². The van der Waals surface area contributed by atoms with Crippen molar-refractivity contribution in [3.63, 3.8) is 0 Å². The van der Waals surface area contributed by atoms with Gasteiger partial charge in [0.25, 0.3) is 0 Å². The summed E-state index contributed by atoms with van der Waals surface area (Å²) in [7, 11) is 6.04. The molecule has 1 fully saturated rings. The Balaban J connectivity index is 2.14. The Morgan fingerprint density at radius 3 is 2.89 bits per heavy atom. The lowest BCUT2D eigenvalue weighted by molar-refractivity contribution is 0.549. The van der Waals surface area contributed by atoms with E-state index in [1.807, 2.05) is 33.0 Å². The van der Waals surface area contributed by atoms with Crippen LogP contribution in [0.1, 0.15) is 12.2 Å². The first kappa shape index (κ1) is 13.1. The fraction of sp³-hybridized carbons (Fsp3) is 0.692. The Morgan fingerprint density at radius 1 is 1.44 bits per heavy atom. The monoisotopic (exact) mass is 249 g/mol. The number of aryl methyl sites for hydroxylation is 1. The minimum atomic E-state index is 0.730. The van der Waals surface area contributed by atoms with Gasteiger partial charge in [0.1, 0.15) is 17.5 Å². The topological polar surface area (TPSA) is 44.3 Å². The van der Waals surface area contributed by atoms with Gasteiger partial charge in [-0.3, -0.25) is 0 Å². The van der Waals surface area contributed by atoms with E-state index in [0.29, 0.717) is 0 Å². The zero-order valence-electron chi connectivity index (χ0n) is 11.8. The molecule has 1 aromatic rings. The second-order valence-electron chi connectivity index (χ2n) is 5.18. The second-order valence-corrected chi connectivity index (χ2v) is 5.18. The molecule has 1 aliphatic rings. The van der Waals surface area contributed by atoms with Gasteiger partial charge in [0, 0.05) is 33.3 Å². The van der Waals surface area contributed by atoms with Crippen molar-refractivity contribution in [2.24, 2.45) is 5.92 Å². The smallest absolute Gasteiger partial charge is 0.134 e. The van der Waals surface area contributed by atoms with E-state index < -0.39 is 0 Å². The number of rotatable bonds is 4. The van der Waals surface area contributed by atoms with Crippen molar-refractivity contribution in [1.82, 2.24) is 15.3 Å². The van der Waals surface area contributed by atoms with Crippen molar-refractivity contribution >= 4 is 11.6 Å². The summed E-state index contributed by atoms with van der Waals surface area (Å²) in [6.45, 7) is 5.22. The third-order valence-corrected chi connectivity index (χ3v) is 3.37. The van der Waals surface area contributed by atoms with Crippen molar-refractivity contribution in [3.8, 4) is 0 Å². The molecular formula is C13H23N5. The Hall–Kier alpha value is -1.36. The Labute approximate surface area is 109 Å². The number of nitrogens with one attached hydrogen (secondary N) is 1. The highest BCUT2D eigenvalue weighted by molar-refractivity contribution is 5.50. The van der Waals surface area contributed by atoms with Crippen LogP contribution in [0.2, 0.25) is 0 Å². The molecule has 5 heteroatoms. The van der Waals surface area contributed by atoms with Crippen LogP contribution in [0, 0.1) is 12.8 Å². The summed E-state index contributed by atoms with van der Waals surface area (Å²) in [5.41, 5.74) is 0. The molecule has 0 radical (unpaired) electrons. The molecule has 1 N–H and O–H groups in total. The number of aromatic nitrogens is 2. The number of hydrogen-bond donors (Lipinski definition) is 1. The fourth-order valence-electron chi connectivity index (χ4n) is 2.42. The van der Waals surface area contributed by atoms with Gasteiger partial charge in [-0.2, -0.15) is 0 Å². The minimum absolute atomic E-state index is 0.730. The standard InChI is InChI=1S/C13H23N5/c1-10-15-12(17(3)4)7-13(16-10)18-6-5-11(9-18)8-14-2/h7,11,14H,5-6,8-9H2,1-4H3. The summed E-state index contributed by atoms with van der Waals surface area (Å²) < 4.78 is 0. The first-order valence-corrected chi connectivity index (χ1v) is 6.52. The first-order chi connectivity index (χ1) is 8.60. The average molecular weight is 249 g/mol. The maximum atomic E-state index is 4.56. The molecule has 1 aromatic heterocycles. The summed E-state index contributed by atoms with van der Waals surface area (Å²) in [6.07, 6.45) is 1.24. The molecule has 100 valence electrons. The molecule has 0 aliphatic carbocycles. The largest absolute Gasteiger partial charge is 0.363 e. The van der Waals surface area contributed by atoms with Crippen molar-refractivity contribution in [2.75, 3.05) is 50.6 Å². The van der Waals surface area contributed by atoms with Gasteiger partial charge >= 0.3 is 0 Å². The van der Waals surface area contributed by atoms with Gasteiger partial charge in [-0.05, 0) is 32.9 Å². The van der Waals surface area contributed by atoms with E-state index in [2.05, 4.69) is 26.3 Å². The maximum Gasteiger partial charge on any atom is 0.134 e. The van der Waals surface area contributed by atoms with E-state index in [1.54, 1.807) is 0 Å². The van der Waals surface area contributed by atoms with Crippen molar-refractivity contribution in [3.05, 3.63) is 11.9 Å². The molecular weight excluding hydrogens is 226 g/mol. The molecule has 0 bridgehead atoms. The summed E-state index contributed by atoms with van der Waals surface area (Å²) in [5.74, 6) is 3.61. The van der Waals surface area contributed by atoms with E-state index in [9.17, 15) is 0 Å². The highest BCUT2D eigenvalue weighted by atomic mass is 15.2. The van der Waals surface area contributed by atoms with Crippen LogP contribution in [-0.4, -0.2) is 50.7 Å². The highest BCUT2D eigenvalue weighted by Crippen LogP contribution is 2.24. The molecule has 0 spiro atoms. The van der Waals surface area contributed by atoms with Crippen molar-refractivity contribution in [1.29, 1.82) is 0 Å². The van der Waals surface area contributed by atoms with Crippen LogP contribution in [0.5, 0.6) is 0 Å². The zero-order chi connectivity index (χ0) is 13.1. The van der Waals surface area contributed by atoms with Gasteiger partial charge in [-0.1, -0.05) is 0 Å². The predicted octanol–water partition coefficient (Wildman–Crippen LogP) is 0.897. The third-order valence-electron chi connectivity index (χ3n) is 3.37. The molecule has 1 aliphatic heterocycles.